The van der Waals surface area contributed by atoms with Crippen LogP contribution in [-0.4, -0.2) is 54.8 Å². The van der Waals surface area contributed by atoms with Gasteiger partial charge < -0.3 is 24.6 Å². The average Bonchev–Trinajstić information content (AvgIpc) is 3.13. The van der Waals surface area contributed by atoms with Crippen molar-refractivity contribution < 1.29 is 24.4 Å². The van der Waals surface area contributed by atoms with Crippen LogP contribution in [0.5, 0.6) is 0 Å². The smallest absolute Gasteiger partial charge is 0.164 e. The Balaban J connectivity index is 1.84. The number of halogens is 2. The van der Waals surface area contributed by atoms with Crippen LogP contribution >= 0.6 is 11.6 Å². The fraction of sp³-hybridized carbons (Fsp3) is 0.294. The number of benzene rings is 1. The highest BCUT2D eigenvalue weighted by Gasteiger charge is 2.44. The maximum Gasteiger partial charge on any atom is 0.164 e. The van der Waals surface area contributed by atoms with Gasteiger partial charge in [0, 0.05) is 11.8 Å². The molecule has 136 valence electrons. The molecule has 1 aromatic carbocycles. The van der Waals surface area contributed by atoms with Crippen LogP contribution in [-0.2, 0) is 4.74 Å². The Morgan fingerprint density at radius 3 is 2.54 bits per heavy atom. The number of rotatable bonds is 3. The largest absolute Gasteiger partial charge is 0.394 e. The lowest BCUT2D eigenvalue weighted by Crippen LogP contribution is -2.33. The number of ether oxygens (including phenoxy) is 1. The highest BCUT2D eigenvalue weighted by Crippen LogP contribution is 2.37. The zero-order valence-corrected chi connectivity index (χ0v) is 14.1. The molecule has 4 atom stereocenters. The molecule has 1 aliphatic heterocycles. The summed E-state index contributed by atoms with van der Waals surface area (Å²) in [4.78, 5) is 8.47. The number of aromatic nitrogens is 3. The van der Waals surface area contributed by atoms with Gasteiger partial charge in [0.25, 0.3) is 0 Å². The van der Waals surface area contributed by atoms with Crippen LogP contribution in [0, 0.1) is 5.82 Å². The molecule has 26 heavy (non-hydrogen) atoms. The Morgan fingerprint density at radius 1 is 1.15 bits per heavy atom. The molecule has 7 nitrogen and oxygen atoms in total. The molecule has 4 rings (SSSR count). The monoisotopic (exact) mass is 379 g/mol. The lowest BCUT2D eigenvalue weighted by Gasteiger charge is -2.17. The Kier molecular flexibility index (Phi) is 4.37. The number of fused-ring (bicyclic) bond motifs is 1. The second-order valence-electron chi connectivity index (χ2n) is 6.04. The number of hydrogen-bond donors (Lipinski definition) is 3. The lowest BCUT2D eigenvalue weighted by molar-refractivity contribution is -0.0508. The van der Waals surface area contributed by atoms with E-state index in [4.69, 9.17) is 16.3 Å². The number of hydrogen-bond acceptors (Lipinski definition) is 6. The molecular formula is C17H15ClFN3O4. The second-order valence-corrected chi connectivity index (χ2v) is 6.45. The van der Waals surface area contributed by atoms with Gasteiger partial charge in [-0.3, -0.25) is 0 Å². The van der Waals surface area contributed by atoms with Crippen molar-refractivity contribution in [2.45, 2.75) is 24.5 Å². The molecule has 9 heteroatoms. The molecule has 1 fully saturated rings. The number of aliphatic hydroxyl groups excluding tert-OH is 3. The van der Waals surface area contributed by atoms with Crippen LogP contribution in [0.3, 0.4) is 0 Å². The molecule has 0 radical (unpaired) electrons. The maximum absolute atomic E-state index is 13.2. The molecule has 0 spiro atoms. The molecular weight excluding hydrogens is 365 g/mol. The summed E-state index contributed by atoms with van der Waals surface area (Å²) >= 11 is 6.37. The Hall–Kier alpha value is -2.10. The Morgan fingerprint density at radius 2 is 1.88 bits per heavy atom. The van der Waals surface area contributed by atoms with E-state index in [1.54, 1.807) is 12.1 Å². The quantitative estimate of drug-likeness (QED) is 0.637. The first-order valence-electron chi connectivity index (χ1n) is 7.90. The van der Waals surface area contributed by atoms with E-state index in [9.17, 15) is 19.7 Å². The van der Waals surface area contributed by atoms with Gasteiger partial charge in [-0.15, -0.1) is 0 Å². The van der Waals surface area contributed by atoms with Crippen LogP contribution in [0.25, 0.3) is 22.3 Å². The van der Waals surface area contributed by atoms with Crippen molar-refractivity contribution in [3.8, 4) is 11.3 Å². The van der Waals surface area contributed by atoms with Crippen molar-refractivity contribution in [3.05, 3.63) is 47.6 Å². The van der Waals surface area contributed by atoms with E-state index < -0.39 is 31.1 Å². The molecule has 0 saturated carbocycles. The third-order valence-corrected chi connectivity index (χ3v) is 4.76. The van der Waals surface area contributed by atoms with Crippen molar-refractivity contribution >= 4 is 22.6 Å². The molecule has 0 bridgehead atoms. The number of aliphatic hydroxyl groups is 3. The summed E-state index contributed by atoms with van der Waals surface area (Å²) in [7, 11) is 0. The number of nitrogens with zero attached hydrogens (tertiary/aromatic N) is 3. The van der Waals surface area contributed by atoms with E-state index in [-0.39, 0.29) is 5.82 Å². The molecule has 3 N–H and O–H groups in total. The molecule has 3 aromatic rings. The van der Waals surface area contributed by atoms with E-state index >= 15 is 0 Å². The fourth-order valence-electron chi connectivity index (χ4n) is 3.17. The molecule has 1 aliphatic rings. The van der Waals surface area contributed by atoms with E-state index in [1.807, 2.05) is 0 Å². The average molecular weight is 380 g/mol. The molecule has 0 amide bonds. The zero-order chi connectivity index (χ0) is 18.4. The minimum Gasteiger partial charge on any atom is -0.394 e. The molecule has 1 saturated heterocycles. The van der Waals surface area contributed by atoms with Crippen LogP contribution in [0.2, 0.25) is 5.02 Å². The van der Waals surface area contributed by atoms with Crippen LogP contribution < -0.4 is 0 Å². The summed E-state index contributed by atoms with van der Waals surface area (Å²) in [5.41, 5.74) is 1.55. The summed E-state index contributed by atoms with van der Waals surface area (Å²) in [6.07, 6.45) is -1.52. The molecule has 0 aliphatic carbocycles. The van der Waals surface area contributed by atoms with Crippen molar-refractivity contribution in [1.29, 1.82) is 0 Å². The summed E-state index contributed by atoms with van der Waals surface area (Å²) in [6.45, 7) is -0.433. The summed E-state index contributed by atoms with van der Waals surface area (Å²) in [5.74, 6) is -0.366. The third kappa shape index (κ3) is 2.67. The minimum absolute atomic E-state index is 0.317. The van der Waals surface area contributed by atoms with E-state index in [0.29, 0.717) is 27.3 Å². The summed E-state index contributed by atoms with van der Waals surface area (Å²) in [6, 6.07) is 5.80. The van der Waals surface area contributed by atoms with Gasteiger partial charge in [-0.25, -0.2) is 14.4 Å². The molecule has 3 heterocycles. The van der Waals surface area contributed by atoms with Crippen molar-refractivity contribution in [3.63, 3.8) is 0 Å². The molecule has 1 unspecified atom stereocenters. The van der Waals surface area contributed by atoms with E-state index in [2.05, 4.69) is 9.97 Å². The topological polar surface area (TPSA) is 101 Å². The van der Waals surface area contributed by atoms with Crippen molar-refractivity contribution in [1.82, 2.24) is 14.5 Å². The Bertz CT molecular complexity index is 949. The lowest BCUT2D eigenvalue weighted by atomic mass is 10.1. The highest BCUT2D eigenvalue weighted by atomic mass is 35.5. The zero-order valence-electron chi connectivity index (χ0n) is 13.3. The van der Waals surface area contributed by atoms with Crippen LogP contribution in [0.15, 0.2) is 36.8 Å². The van der Waals surface area contributed by atoms with E-state index in [0.717, 1.165) is 0 Å². The van der Waals surface area contributed by atoms with Gasteiger partial charge in [0.05, 0.1) is 22.7 Å². The predicted octanol–water partition coefficient (Wildman–Crippen LogP) is 1.50. The Labute approximate surface area is 152 Å². The van der Waals surface area contributed by atoms with Gasteiger partial charge in [0.1, 0.15) is 36.1 Å². The van der Waals surface area contributed by atoms with E-state index in [1.165, 1.54) is 29.2 Å². The SMILES string of the molecule is OCC1O[C@@H](n2cc(Cl)c3c(-c4ccc(F)cc4)ncnc32)[C@@H](O)[C@H]1O. The van der Waals surface area contributed by atoms with Gasteiger partial charge in [0.15, 0.2) is 6.23 Å². The van der Waals surface area contributed by atoms with Crippen molar-refractivity contribution in [2.75, 3.05) is 6.61 Å². The fourth-order valence-corrected chi connectivity index (χ4v) is 3.45. The predicted molar refractivity (Wildman–Crippen MR) is 90.9 cm³/mol. The van der Waals surface area contributed by atoms with Gasteiger partial charge in [-0.05, 0) is 24.3 Å². The second kappa shape index (κ2) is 6.57. The van der Waals surface area contributed by atoms with Crippen LogP contribution in [0.4, 0.5) is 4.39 Å². The first kappa shape index (κ1) is 17.3. The third-order valence-electron chi connectivity index (χ3n) is 4.47. The first-order valence-corrected chi connectivity index (χ1v) is 8.28. The molecule has 2 aromatic heterocycles. The summed E-state index contributed by atoms with van der Waals surface area (Å²) in [5, 5.41) is 30.3. The van der Waals surface area contributed by atoms with Crippen LogP contribution in [0.1, 0.15) is 6.23 Å². The summed E-state index contributed by atoms with van der Waals surface area (Å²) < 4.78 is 20.2. The standard InChI is InChI=1S/C17H15ClFN3O4/c18-10-5-22(17-15(25)14(24)11(6-23)26-17)16-12(10)13(20-7-21-16)8-1-3-9(19)4-2-8/h1-5,7,11,14-15,17,23-25H,6H2/t11?,14-,15-,17+/m0/s1. The van der Waals surface area contributed by atoms with Gasteiger partial charge >= 0.3 is 0 Å². The first-order chi connectivity index (χ1) is 12.5. The van der Waals surface area contributed by atoms with Gasteiger partial charge in [-0.1, -0.05) is 11.6 Å². The van der Waals surface area contributed by atoms with Gasteiger partial charge in [0.2, 0.25) is 0 Å². The normalized spacial score (nSPS) is 25.9. The van der Waals surface area contributed by atoms with Crippen molar-refractivity contribution in [2.24, 2.45) is 0 Å². The van der Waals surface area contributed by atoms with Gasteiger partial charge in [-0.2, -0.15) is 0 Å². The highest BCUT2D eigenvalue weighted by molar-refractivity contribution is 6.36. The maximum atomic E-state index is 13.2. The minimum atomic E-state index is -1.26.